The summed E-state index contributed by atoms with van der Waals surface area (Å²) in [5.74, 6) is 0.794. The van der Waals surface area contributed by atoms with E-state index < -0.39 is 5.60 Å². The van der Waals surface area contributed by atoms with Crippen molar-refractivity contribution in [3.8, 4) is 5.75 Å². The summed E-state index contributed by atoms with van der Waals surface area (Å²) in [5, 5.41) is 11.2. The van der Waals surface area contributed by atoms with Crippen LogP contribution in [0.25, 0.3) is 0 Å². The van der Waals surface area contributed by atoms with Crippen LogP contribution >= 0.6 is 0 Å². The molecule has 0 fully saturated rings. The normalized spacial score (nSPS) is 14.2. The molecule has 0 radical (unpaired) electrons. The highest BCUT2D eigenvalue weighted by Gasteiger charge is 2.40. The number of hydrogen-bond donors (Lipinski definition) is 1. The van der Waals surface area contributed by atoms with Gasteiger partial charge in [-0.1, -0.05) is 76.1 Å². The third-order valence-corrected chi connectivity index (χ3v) is 5.12. The molecule has 0 aliphatic heterocycles. The molecular formula is C22H30O2. The number of aliphatic hydroxyl groups is 1. The van der Waals surface area contributed by atoms with E-state index in [-0.39, 0.29) is 5.41 Å². The van der Waals surface area contributed by atoms with Gasteiger partial charge in [0.05, 0.1) is 5.60 Å². The Morgan fingerprint density at radius 2 is 1.67 bits per heavy atom. The second kappa shape index (κ2) is 7.85. The van der Waals surface area contributed by atoms with Gasteiger partial charge < -0.3 is 9.84 Å². The van der Waals surface area contributed by atoms with Crippen molar-refractivity contribution in [2.75, 3.05) is 0 Å². The largest absolute Gasteiger partial charge is 0.489 e. The number of unbranched alkanes of at least 4 members (excludes halogenated alkanes) is 1. The summed E-state index contributed by atoms with van der Waals surface area (Å²) in [4.78, 5) is 0. The molecule has 24 heavy (non-hydrogen) atoms. The van der Waals surface area contributed by atoms with Crippen molar-refractivity contribution in [2.24, 2.45) is 5.41 Å². The Balaban J connectivity index is 2.13. The van der Waals surface area contributed by atoms with E-state index in [2.05, 4.69) is 20.8 Å². The van der Waals surface area contributed by atoms with E-state index in [1.54, 1.807) is 0 Å². The average molecular weight is 326 g/mol. The lowest BCUT2D eigenvalue weighted by Crippen LogP contribution is -2.39. The number of ether oxygens (including phenoxy) is 1. The summed E-state index contributed by atoms with van der Waals surface area (Å²) in [6, 6.07) is 18.0. The van der Waals surface area contributed by atoms with Crippen molar-refractivity contribution in [1.82, 2.24) is 0 Å². The quantitative estimate of drug-likeness (QED) is 0.675. The minimum absolute atomic E-state index is 0.193. The molecule has 1 atom stereocenters. The van der Waals surface area contributed by atoms with E-state index in [0.29, 0.717) is 6.61 Å². The Morgan fingerprint density at radius 3 is 2.33 bits per heavy atom. The fourth-order valence-corrected chi connectivity index (χ4v) is 2.88. The van der Waals surface area contributed by atoms with Crippen molar-refractivity contribution in [3.63, 3.8) is 0 Å². The fraction of sp³-hybridized carbons (Fsp3) is 0.455. The van der Waals surface area contributed by atoms with Gasteiger partial charge in [-0.25, -0.2) is 0 Å². The van der Waals surface area contributed by atoms with E-state index in [1.807, 2.05) is 61.5 Å². The second-order valence-corrected chi connectivity index (χ2v) is 7.36. The van der Waals surface area contributed by atoms with Gasteiger partial charge in [0.2, 0.25) is 0 Å². The lowest BCUT2D eigenvalue weighted by molar-refractivity contribution is -0.0628. The first-order chi connectivity index (χ1) is 11.4. The van der Waals surface area contributed by atoms with Gasteiger partial charge in [0.15, 0.2) is 0 Å². The van der Waals surface area contributed by atoms with Gasteiger partial charge in [0.25, 0.3) is 0 Å². The van der Waals surface area contributed by atoms with E-state index in [1.165, 1.54) is 0 Å². The molecule has 2 aromatic rings. The molecule has 1 N–H and O–H groups in total. The summed E-state index contributed by atoms with van der Waals surface area (Å²) < 4.78 is 5.91. The molecule has 0 aromatic heterocycles. The molecule has 2 aromatic carbocycles. The maximum atomic E-state index is 11.2. The molecule has 0 bridgehead atoms. The van der Waals surface area contributed by atoms with Gasteiger partial charge in [-0.3, -0.25) is 0 Å². The van der Waals surface area contributed by atoms with Crippen LogP contribution in [0.1, 0.15) is 58.1 Å². The standard InChI is InChI=1S/C22H30O2/c1-5-6-15-21(2,3)22(4,23)19-13-10-14-20(16-19)24-17-18-11-8-7-9-12-18/h7-14,16,23H,5-6,15,17H2,1-4H3. The molecule has 2 rings (SSSR count). The van der Waals surface area contributed by atoms with Gasteiger partial charge in [0.1, 0.15) is 12.4 Å². The minimum Gasteiger partial charge on any atom is -0.489 e. The average Bonchev–Trinajstić information content (AvgIpc) is 2.59. The van der Waals surface area contributed by atoms with E-state index in [4.69, 9.17) is 4.74 Å². The molecule has 130 valence electrons. The van der Waals surface area contributed by atoms with Crippen LogP contribution in [-0.2, 0) is 12.2 Å². The summed E-state index contributed by atoms with van der Waals surface area (Å²) in [5.41, 5.74) is 0.960. The maximum Gasteiger partial charge on any atom is 0.120 e. The Hall–Kier alpha value is -1.80. The highest BCUT2D eigenvalue weighted by atomic mass is 16.5. The first-order valence-electron chi connectivity index (χ1n) is 8.86. The number of rotatable bonds is 8. The molecule has 0 saturated carbocycles. The van der Waals surface area contributed by atoms with Gasteiger partial charge in [0, 0.05) is 0 Å². The Kier molecular flexibility index (Phi) is 6.06. The number of hydrogen-bond acceptors (Lipinski definition) is 2. The third kappa shape index (κ3) is 4.39. The molecule has 1 unspecified atom stereocenters. The topological polar surface area (TPSA) is 29.5 Å². The lowest BCUT2D eigenvalue weighted by Gasteiger charge is -2.41. The third-order valence-electron chi connectivity index (χ3n) is 5.12. The Labute approximate surface area is 146 Å². The summed E-state index contributed by atoms with van der Waals surface area (Å²) in [7, 11) is 0. The summed E-state index contributed by atoms with van der Waals surface area (Å²) in [6.07, 6.45) is 3.25. The Morgan fingerprint density at radius 1 is 0.958 bits per heavy atom. The van der Waals surface area contributed by atoms with Crippen molar-refractivity contribution in [1.29, 1.82) is 0 Å². The first kappa shape index (κ1) is 18.5. The molecule has 2 nitrogen and oxygen atoms in total. The molecule has 0 amide bonds. The van der Waals surface area contributed by atoms with Gasteiger partial charge in [-0.15, -0.1) is 0 Å². The summed E-state index contributed by atoms with van der Waals surface area (Å²) >= 11 is 0. The highest BCUT2D eigenvalue weighted by Crippen LogP contribution is 2.43. The smallest absolute Gasteiger partial charge is 0.120 e. The fourth-order valence-electron chi connectivity index (χ4n) is 2.88. The van der Waals surface area contributed by atoms with E-state index in [9.17, 15) is 5.11 Å². The van der Waals surface area contributed by atoms with Gasteiger partial charge in [-0.2, -0.15) is 0 Å². The van der Waals surface area contributed by atoms with Gasteiger partial charge in [-0.05, 0) is 42.0 Å². The van der Waals surface area contributed by atoms with Crippen LogP contribution in [-0.4, -0.2) is 5.11 Å². The van der Waals surface area contributed by atoms with Crippen molar-refractivity contribution >= 4 is 0 Å². The van der Waals surface area contributed by atoms with Crippen LogP contribution in [0.15, 0.2) is 54.6 Å². The minimum atomic E-state index is -0.895. The molecule has 0 heterocycles. The lowest BCUT2D eigenvalue weighted by atomic mass is 9.69. The first-order valence-corrected chi connectivity index (χ1v) is 8.86. The maximum absolute atomic E-state index is 11.2. The van der Waals surface area contributed by atoms with E-state index >= 15 is 0 Å². The zero-order valence-corrected chi connectivity index (χ0v) is 15.4. The monoisotopic (exact) mass is 326 g/mol. The van der Waals surface area contributed by atoms with Crippen LogP contribution in [0.3, 0.4) is 0 Å². The zero-order chi connectivity index (χ0) is 17.6. The zero-order valence-electron chi connectivity index (χ0n) is 15.4. The SMILES string of the molecule is CCCCC(C)(C)C(C)(O)c1cccc(OCc2ccccc2)c1. The van der Waals surface area contributed by atoms with Crippen LogP contribution in [0, 0.1) is 5.41 Å². The molecule has 0 aliphatic rings. The second-order valence-electron chi connectivity index (χ2n) is 7.36. The van der Waals surface area contributed by atoms with Crippen molar-refractivity contribution in [3.05, 3.63) is 65.7 Å². The van der Waals surface area contributed by atoms with E-state index in [0.717, 1.165) is 36.1 Å². The van der Waals surface area contributed by atoms with Crippen LogP contribution in [0.2, 0.25) is 0 Å². The highest BCUT2D eigenvalue weighted by molar-refractivity contribution is 5.33. The van der Waals surface area contributed by atoms with Gasteiger partial charge >= 0.3 is 0 Å². The Bertz CT molecular complexity index is 629. The molecule has 0 spiro atoms. The molecular weight excluding hydrogens is 296 g/mol. The molecule has 0 aliphatic carbocycles. The molecule has 0 saturated heterocycles. The predicted molar refractivity (Wildman–Crippen MR) is 100 cm³/mol. The van der Waals surface area contributed by atoms with Crippen molar-refractivity contribution < 1.29 is 9.84 Å². The van der Waals surface area contributed by atoms with Crippen LogP contribution in [0.4, 0.5) is 0 Å². The molecule has 2 heteroatoms. The van der Waals surface area contributed by atoms with Crippen LogP contribution in [0.5, 0.6) is 5.75 Å². The van der Waals surface area contributed by atoms with Crippen LogP contribution < -0.4 is 4.74 Å². The summed E-state index contributed by atoms with van der Waals surface area (Å²) in [6.45, 7) is 8.91. The van der Waals surface area contributed by atoms with Crippen molar-refractivity contribution in [2.45, 2.75) is 59.2 Å². The number of benzene rings is 2. The predicted octanol–water partition coefficient (Wildman–Crippen LogP) is 5.69.